The van der Waals surface area contributed by atoms with E-state index >= 15 is 0 Å². The lowest BCUT2D eigenvalue weighted by atomic mass is 9.81. The molecule has 1 saturated carbocycles. The summed E-state index contributed by atoms with van der Waals surface area (Å²) < 4.78 is 11.6. The van der Waals surface area contributed by atoms with Crippen molar-refractivity contribution in [1.82, 2.24) is 4.90 Å². The first-order chi connectivity index (χ1) is 10.6. The van der Waals surface area contributed by atoms with Gasteiger partial charge in [-0.25, -0.2) is 0 Å². The van der Waals surface area contributed by atoms with E-state index < -0.39 is 5.54 Å². The Hall–Kier alpha value is -1.75. The summed E-state index contributed by atoms with van der Waals surface area (Å²) in [6, 6.07) is 7.60. The normalized spacial score (nSPS) is 22.9. The number of likely N-dealkylation sites (N-methyl/N-ethyl adjacent to an activating group) is 1. The molecule has 0 radical (unpaired) electrons. The van der Waals surface area contributed by atoms with Gasteiger partial charge in [-0.15, -0.1) is 0 Å². The number of hydrogen-bond acceptors (Lipinski definition) is 4. The molecule has 1 fully saturated rings. The lowest BCUT2D eigenvalue weighted by Crippen LogP contribution is -2.57. The molecule has 1 aromatic rings. The number of rotatable bonds is 3. The molecule has 1 heterocycles. The van der Waals surface area contributed by atoms with Crippen molar-refractivity contribution in [3.8, 4) is 11.5 Å². The Morgan fingerprint density at radius 1 is 1.27 bits per heavy atom. The maximum absolute atomic E-state index is 12.6. The number of amides is 1. The SMILES string of the molecule is CN(CC1COc2ccccc2O1)C(=O)C1(N)CCCCC1. The molecule has 5 heteroatoms. The summed E-state index contributed by atoms with van der Waals surface area (Å²) in [7, 11) is 1.80. The molecule has 2 aliphatic rings. The maximum Gasteiger partial charge on any atom is 0.242 e. The van der Waals surface area contributed by atoms with Crippen LogP contribution in [-0.4, -0.2) is 42.6 Å². The molecule has 0 aromatic heterocycles. The molecule has 1 unspecified atom stereocenters. The lowest BCUT2D eigenvalue weighted by molar-refractivity contribution is -0.138. The van der Waals surface area contributed by atoms with Gasteiger partial charge in [0, 0.05) is 7.05 Å². The summed E-state index contributed by atoms with van der Waals surface area (Å²) in [5.74, 6) is 1.52. The first-order valence-electron chi connectivity index (χ1n) is 8.01. The Kier molecular flexibility index (Phi) is 4.25. The van der Waals surface area contributed by atoms with Gasteiger partial charge in [-0.05, 0) is 25.0 Å². The minimum absolute atomic E-state index is 0.0228. The fourth-order valence-corrected chi connectivity index (χ4v) is 3.32. The molecule has 5 nitrogen and oxygen atoms in total. The summed E-state index contributed by atoms with van der Waals surface area (Å²) in [5, 5.41) is 0. The van der Waals surface area contributed by atoms with Crippen molar-refractivity contribution >= 4 is 5.91 Å². The molecule has 0 saturated heterocycles. The van der Waals surface area contributed by atoms with E-state index in [1.165, 1.54) is 6.42 Å². The molecular weight excluding hydrogens is 280 g/mol. The van der Waals surface area contributed by atoms with Gasteiger partial charge in [-0.3, -0.25) is 4.79 Å². The van der Waals surface area contributed by atoms with Crippen molar-refractivity contribution in [2.45, 2.75) is 43.7 Å². The molecule has 0 spiro atoms. The van der Waals surface area contributed by atoms with Gasteiger partial charge in [-0.2, -0.15) is 0 Å². The number of para-hydroxylation sites is 2. The monoisotopic (exact) mass is 304 g/mol. The van der Waals surface area contributed by atoms with Gasteiger partial charge in [0.1, 0.15) is 6.61 Å². The summed E-state index contributed by atoms with van der Waals surface area (Å²) in [6.45, 7) is 0.943. The van der Waals surface area contributed by atoms with Gasteiger partial charge in [-0.1, -0.05) is 31.4 Å². The minimum Gasteiger partial charge on any atom is -0.486 e. The topological polar surface area (TPSA) is 64.8 Å². The summed E-state index contributed by atoms with van der Waals surface area (Å²) in [4.78, 5) is 14.3. The Labute approximate surface area is 131 Å². The molecular formula is C17H24N2O3. The fraction of sp³-hybridized carbons (Fsp3) is 0.588. The van der Waals surface area contributed by atoms with Crippen LogP contribution in [0.4, 0.5) is 0 Å². The predicted octanol–water partition coefficient (Wildman–Crippen LogP) is 1.95. The van der Waals surface area contributed by atoms with E-state index in [1.54, 1.807) is 11.9 Å². The van der Waals surface area contributed by atoms with E-state index in [0.29, 0.717) is 13.2 Å². The van der Waals surface area contributed by atoms with Crippen LogP contribution in [0, 0.1) is 0 Å². The highest BCUT2D eigenvalue weighted by atomic mass is 16.6. The van der Waals surface area contributed by atoms with Crippen LogP contribution >= 0.6 is 0 Å². The molecule has 1 aromatic carbocycles. The fourth-order valence-electron chi connectivity index (χ4n) is 3.32. The number of ether oxygens (including phenoxy) is 2. The van der Waals surface area contributed by atoms with Crippen LogP contribution in [0.5, 0.6) is 11.5 Å². The number of carbonyl (C=O) groups excluding carboxylic acids is 1. The van der Waals surface area contributed by atoms with Crippen molar-refractivity contribution in [3.05, 3.63) is 24.3 Å². The van der Waals surface area contributed by atoms with E-state index in [0.717, 1.165) is 37.2 Å². The number of nitrogens with two attached hydrogens (primary N) is 1. The second-order valence-electron chi connectivity index (χ2n) is 6.40. The van der Waals surface area contributed by atoms with Gasteiger partial charge < -0.3 is 20.1 Å². The van der Waals surface area contributed by atoms with E-state index in [4.69, 9.17) is 15.2 Å². The van der Waals surface area contributed by atoms with E-state index in [9.17, 15) is 4.79 Å². The number of carbonyl (C=O) groups is 1. The standard InChI is InChI=1S/C17H24N2O3/c1-19(16(20)17(18)9-5-2-6-10-17)11-13-12-21-14-7-3-4-8-15(14)22-13/h3-4,7-8,13H,2,5-6,9-12,18H2,1H3. The van der Waals surface area contributed by atoms with Gasteiger partial charge in [0.15, 0.2) is 17.6 Å². The Morgan fingerprint density at radius 2 is 1.95 bits per heavy atom. The van der Waals surface area contributed by atoms with Crippen LogP contribution in [0.3, 0.4) is 0 Å². The van der Waals surface area contributed by atoms with E-state index in [-0.39, 0.29) is 12.0 Å². The Balaban J connectivity index is 1.60. The van der Waals surface area contributed by atoms with Crippen molar-refractivity contribution in [1.29, 1.82) is 0 Å². The summed E-state index contributed by atoms with van der Waals surface area (Å²) >= 11 is 0. The largest absolute Gasteiger partial charge is 0.486 e. The van der Waals surface area contributed by atoms with Gasteiger partial charge in [0.05, 0.1) is 12.1 Å². The lowest BCUT2D eigenvalue weighted by Gasteiger charge is -2.37. The van der Waals surface area contributed by atoms with Gasteiger partial charge >= 0.3 is 0 Å². The first kappa shape index (κ1) is 15.2. The molecule has 0 bridgehead atoms. The Bertz CT molecular complexity index is 540. The van der Waals surface area contributed by atoms with E-state index in [2.05, 4.69) is 0 Å². The Morgan fingerprint density at radius 3 is 2.68 bits per heavy atom. The molecule has 1 atom stereocenters. The van der Waals surface area contributed by atoms with Crippen molar-refractivity contribution < 1.29 is 14.3 Å². The highest BCUT2D eigenvalue weighted by Crippen LogP contribution is 2.31. The third-order valence-electron chi connectivity index (χ3n) is 4.56. The quantitative estimate of drug-likeness (QED) is 0.927. The van der Waals surface area contributed by atoms with Crippen LogP contribution < -0.4 is 15.2 Å². The smallest absolute Gasteiger partial charge is 0.242 e. The second-order valence-corrected chi connectivity index (χ2v) is 6.40. The van der Waals surface area contributed by atoms with Gasteiger partial charge in [0.2, 0.25) is 5.91 Å². The molecule has 120 valence electrons. The maximum atomic E-state index is 12.6. The third-order valence-corrected chi connectivity index (χ3v) is 4.56. The molecule has 2 N–H and O–H groups in total. The summed E-state index contributed by atoms with van der Waals surface area (Å²) in [6.07, 6.45) is 4.64. The summed E-state index contributed by atoms with van der Waals surface area (Å²) in [5.41, 5.74) is 5.63. The molecule has 22 heavy (non-hydrogen) atoms. The van der Waals surface area contributed by atoms with Crippen molar-refractivity contribution in [2.75, 3.05) is 20.2 Å². The highest BCUT2D eigenvalue weighted by Gasteiger charge is 2.38. The zero-order valence-corrected chi connectivity index (χ0v) is 13.1. The first-order valence-corrected chi connectivity index (χ1v) is 8.01. The van der Waals surface area contributed by atoms with Crippen molar-refractivity contribution in [3.63, 3.8) is 0 Å². The average molecular weight is 304 g/mol. The van der Waals surface area contributed by atoms with Crippen LogP contribution in [0.15, 0.2) is 24.3 Å². The number of fused-ring (bicyclic) bond motifs is 1. The number of hydrogen-bond donors (Lipinski definition) is 1. The second kappa shape index (κ2) is 6.16. The van der Waals surface area contributed by atoms with Gasteiger partial charge in [0.25, 0.3) is 0 Å². The third kappa shape index (κ3) is 3.04. The van der Waals surface area contributed by atoms with Crippen LogP contribution in [0.25, 0.3) is 0 Å². The van der Waals surface area contributed by atoms with Crippen LogP contribution in [0.2, 0.25) is 0 Å². The van der Waals surface area contributed by atoms with E-state index in [1.807, 2.05) is 24.3 Å². The minimum atomic E-state index is -0.694. The number of benzene rings is 1. The van der Waals surface area contributed by atoms with Crippen molar-refractivity contribution in [2.24, 2.45) is 5.73 Å². The molecule has 3 rings (SSSR count). The number of nitrogens with zero attached hydrogens (tertiary/aromatic N) is 1. The highest BCUT2D eigenvalue weighted by molar-refractivity contribution is 5.86. The van der Waals surface area contributed by atoms with Crippen LogP contribution in [0.1, 0.15) is 32.1 Å². The predicted molar refractivity (Wildman–Crippen MR) is 84.0 cm³/mol. The van der Waals surface area contributed by atoms with Crippen LogP contribution in [-0.2, 0) is 4.79 Å². The zero-order chi connectivity index (χ0) is 15.6. The molecule has 1 aliphatic carbocycles. The molecule has 1 aliphatic heterocycles. The average Bonchev–Trinajstić information content (AvgIpc) is 2.54. The molecule has 1 amide bonds. The zero-order valence-electron chi connectivity index (χ0n) is 13.1.